The lowest BCUT2D eigenvalue weighted by Gasteiger charge is -2.15. The summed E-state index contributed by atoms with van der Waals surface area (Å²) in [4.78, 5) is 37.0. The highest BCUT2D eigenvalue weighted by Gasteiger charge is 2.43. The highest BCUT2D eigenvalue weighted by molar-refractivity contribution is 6.44. The summed E-state index contributed by atoms with van der Waals surface area (Å²) in [5, 5.41) is 0. The van der Waals surface area contributed by atoms with Gasteiger partial charge in [0, 0.05) is 6.54 Å². The fourth-order valence-electron chi connectivity index (χ4n) is 2.30. The van der Waals surface area contributed by atoms with Crippen molar-refractivity contribution in [1.29, 1.82) is 0 Å². The van der Waals surface area contributed by atoms with Crippen molar-refractivity contribution in [2.24, 2.45) is 0 Å². The Morgan fingerprint density at radius 3 is 2.05 bits per heavy atom. The first-order valence-corrected chi connectivity index (χ1v) is 6.82. The summed E-state index contributed by atoms with van der Waals surface area (Å²) in [6, 6.07) is 5.21. The Bertz CT molecular complexity index is 577. The second-order valence-electron chi connectivity index (χ2n) is 4.96. The van der Waals surface area contributed by atoms with Crippen LogP contribution < -0.4 is 4.74 Å². The number of likely N-dealkylation sites (N-methyl/N-ethyl adjacent to an activating group) is 1. The van der Waals surface area contributed by atoms with Crippen molar-refractivity contribution in [3.63, 3.8) is 0 Å². The third-order valence-corrected chi connectivity index (χ3v) is 3.23. The van der Waals surface area contributed by atoms with Gasteiger partial charge in [-0.1, -0.05) is 6.07 Å². The van der Waals surface area contributed by atoms with Crippen molar-refractivity contribution in [3.05, 3.63) is 29.3 Å². The van der Waals surface area contributed by atoms with Gasteiger partial charge in [-0.15, -0.1) is 0 Å². The molecule has 0 spiro atoms. The Labute approximate surface area is 123 Å². The SMILES string of the molecule is CCN1C(=O)C(=O)N(CCOc2cc(C)cc(C)c2)C1=O. The van der Waals surface area contributed by atoms with Gasteiger partial charge in [0.1, 0.15) is 12.4 Å². The van der Waals surface area contributed by atoms with Crippen LogP contribution in [0.2, 0.25) is 0 Å². The molecule has 0 aromatic heterocycles. The molecule has 1 heterocycles. The number of ether oxygens (including phenoxy) is 1. The van der Waals surface area contributed by atoms with E-state index in [9.17, 15) is 14.4 Å². The molecule has 4 amide bonds. The molecule has 6 nitrogen and oxygen atoms in total. The van der Waals surface area contributed by atoms with Crippen molar-refractivity contribution in [2.75, 3.05) is 19.7 Å². The van der Waals surface area contributed by atoms with E-state index in [-0.39, 0.29) is 19.7 Å². The zero-order valence-corrected chi connectivity index (χ0v) is 12.4. The number of nitrogens with zero attached hydrogens (tertiary/aromatic N) is 2. The monoisotopic (exact) mass is 290 g/mol. The molecule has 1 aliphatic rings. The molecule has 1 fully saturated rings. The molecule has 6 heteroatoms. The number of benzene rings is 1. The molecule has 0 bridgehead atoms. The molecule has 1 aliphatic heterocycles. The number of hydrogen-bond donors (Lipinski definition) is 0. The second-order valence-corrected chi connectivity index (χ2v) is 4.96. The van der Waals surface area contributed by atoms with Gasteiger partial charge in [-0.05, 0) is 44.0 Å². The van der Waals surface area contributed by atoms with Crippen LogP contribution in [0.1, 0.15) is 18.1 Å². The van der Waals surface area contributed by atoms with Crippen molar-refractivity contribution in [1.82, 2.24) is 9.80 Å². The summed E-state index contributed by atoms with van der Waals surface area (Å²) >= 11 is 0. The Hall–Kier alpha value is -2.37. The summed E-state index contributed by atoms with van der Waals surface area (Å²) in [6.45, 7) is 5.99. The topological polar surface area (TPSA) is 66.9 Å². The molecule has 0 atom stereocenters. The van der Waals surface area contributed by atoms with Gasteiger partial charge < -0.3 is 4.74 Å². The Balaban J connectivity index is 1.96. The van der Waals surface area contributed by atoms with Crippen LogP contribution in [0.4, 0.5) is 4.79 Å². The van der Waals surface area contributed by atoms with E-state index < -0.39 is 17.8 Å². The molecule has 1 aromatic rings. The van der Waals surface area contributed by atoms with Gasteiger partial charge in [0.2, 0.25) is 0 Å². The van der Waals surface area contributed by atoms with Gasteiger partial charge in [-0.25, -0.2) is 4.79 Å². The fraction of sp³-hybridized carbons (Fsp3) is 0.400. The van der Waals surface area contributed by atoms with Crippen molar-refractivity contribution < 1.29 is 19.1 Å². The normalized spacial score (nSPS) is 15.1. The van der Waals surface area contributed by atoms with Crippen LogP contribution in [-0.4, -0.2) is 47.3 Å². The summed E-state index contributed by atoms with van der Waals surface area (Å²) in [5.74, 6) is -0.870. The molecule has 1 saturated heterocycles. The zero-order chi connectivity index (χ0) is 15.6. The maximum atomic E-state index is 11.9. The highest BCUT2D eigenvalue weighted by atomic mass is 16.5. The molecule has 0 unspecified atom stereocenters. The molecular weight excluding hydrogens is 272 g/mol. The zero-order valence-electron chi connectivity index (χ0n) is 12.4. The number of carbonyl (C=O) groups is 3. The molecule has 112 valence electrons. The summed E-state index contributed by atoms with van der Waals surface area (Å²) in [6.07, 6.45) is 0. The van der Waals surface area contributed by atoms with Gasteiger partial charge in [0.15, 0.2) is 0 Å². The van der Waals surface area contributed by atoms with E-state index in [2.05, 4.69) is 0 Å². The van der Waals surface area contributed by atoms with Gasteiger partial charge in [0.05, 0.1) is 6.54 Å². The van der Waals surface area contributed by atoms with Crippen molar-refractivity contribution in [3.8, 4) is 5.75 Å². The lowest BCUT2D eigenvalue weighted by atomic mass is 10.1. The number of carbonyl (C=O) groups excluding carboxylic acids is 3. The molecule has 2 rings (SSSR count). The lowest BCUT2D eigenvalue weighted by Crippen LogP contribution is -2.36. The van der Waals surface area contributed by atoms with Crippen molar-refractivity contribution in [2.45, 2.75) is 20.8 Å². The van der Waals surface area contributed by atoms with E-state index in [0.29, 0.717) is 5.75 Å². The van der Waals surface area contributed by atoms with Crippen LogP contribution in [-0.2, 0) is 9.59 Å². The summed E-state index contributed by atoms with van der Waals surface area (Å²) in [7, 11) is 0. The van der Waals surface area contributed by atoms with E-state index in [0.717, 1.165) is 20.9 Å². The smallest absolute Gasteiger partial charge is 0.334 e. The number of aryl methyl sites for hydroxylation is 2. The van der Waals surface area contributed by atoms with Gasteiger partial charge in [-0.3, -0.25) is 19.4 Å². The number of urea groups is 1. The standard InChI is InChI=1S/C15H18N2O4/c1-4-16-13(18)14(19)17(15(16)20)5-6-21-12-8-10(2)7-11(3)9-12/h7-9H,4-6H2,1-3H3. The Morgan fingerprint density at radius 1 is 0.952 bits per heavy atom. The predicted molar refractivity (Wildman–Crippen MR) is 75.9 cm³/mol. The van der Waals surface area contributed by atoms with E-state index in [4.69, 9.17) is 4.74 Å². The Kier molecular flexibility index (Phi) is 4.26. The number of rotatable bonds is 5. The molecule has 1 aromatic carbocycles. The average Bonchev–Trinajstić information content (AvgIpc) is 2.61. The first kappa shape index (κ1) is 15.0. The molecule has 0 radical (unpaired) electrons. The fourth-order valence-corrected chi connectivity index (χ4v) is 2.30. The molecular formula is C15H18N2O4. The number of hydrogen-bond acceptors (Lipinski definition) is 4. The highest BCUT2D eigenvalue weighted by Crippen LogP contribution is 2.17. The van der Waals surface area contributed by atoms with Crippen LogP contribution in [0, 0.1) is 13.8 Å². The van der Waals surface area contributed by atoms with Crippen LogP contribution in [0.3, 0.4) is 0 Å². The predicted octanol–water partition coefficient (Wildman–Crippen LogP) is 1.49. The average molecular weight is 290 g/mol. The third-order valence-electron chi connectivity index (χ3n) is 3.23. The first-order chi connectivity index (χ1) is 9.93. The second kappa shape index (κ2) is 5.95. The largest absolute Gasteiger partial charge is 0.492 e. The first-order valence-electron chi connectivity index (χ1n) is 6.82. The summed E-state index contributed by atoms with van der Waals surface area (Å²) < 4.78 is 5.55. The van der Waals surface area contributed by atoms with E-state index in [1.54, 1.807) is 6.92 Å². The van der Waals surface area contributed by atoms with E-state index in [1.165, 1.54) is 0 Å². The molecule has 0 saturated carbocycles. The Morgan fingerprint density at radius 2 is 1.52 bits per heavy atom. The third kappa shape index (κ3) is 3.04. The van der Waals surface area contributed by atoms with Crippen LogP contribution in [0.15, 0.2) is 18.2 Å². The van der Waals surface area contributed by atoms with Gasteiger partial charge >= 0.3 is 17.8 Å². The van der Waals surface area contributed by atoms with E-state index >= 15 is 0 Å². The number of amides is 4. The quantitative estimate of drug-likeness (QED) is 0.608. The van der Waals surface area contributed by atoms with Crippen LogP contribution in [0.25, 0.3) is 0 Å². The van der Waals surface area contributed by atoms with Gasteiger partial charge in [0.25, 0.3) is 0 Å². The molecule has 0 N–H and O–H groups in total. The maximum absolute atomic E-state index is 11.9. The van der Waals surface area contributed by atoms with Crippen molar-refractivity contribution >= 4 is 17.8 Å². The molecule has 21 heavy (non-hydrogen) atoms. The van der Waals surface area contributed by atoms with Gasteiger partial charge in [-0.2, -0.15) is 0 Å². The summed E-state index contributed by atoms with van der Waals surface area (Å²) in [5.41, 5.74) is 2.15. The maximum Gasteiger partial charge on any atom is 0.334 e. The molecule has 0 aliphatic carbocycles. The minimum Gasteiger partial charge on any atom is -0.492 e. The lowest BCUT2D eigenvalue weighted by molar-refractivity contribution is -0.143. The van der Waals surface area contributed by atoms with E-state index in [1.807, 2.05) is 32.0 Å². The van der Waals surface area contributed by atoms with Crippen LogP contribution >= 0.6 is 0 Å². The minimum absolute atomic E-state index is 0.0624. The minimum atomic E-state index is -0.786. The number of imide groups is 2. The van der Waals surface area contributed by atoms with Crippen LogP contribution in [0.5, 0.6) is 5.75 Å².